The van der Waals surface area contributed by atoms with E-state index in [0.717, 1.165) is 25.7 Å². The van der Waals surface area contributed by atoms with Crippen molar-refractivity contribution in [3.8, 4) is 5.75 Å². The second-order valence-corrected chi connectivity index (χ2v) is 9.72. The molecule has 1 aromatic rings. The molecule has 1 aromatic carbocycles. The number of sulfonamides is 1. The molecule has 0 unspecified atom stereocenters. The highest BCUT2D eigenvalue weighted by molar-refractivity contribution is 7.89. The molecule has 7 nitrogen and oxygen atoms in total. The van der Waals surface area contributed by atoms with Crippen LogP contribution in [0.3, 0.4) is 0 Å². The second kappa shape index (κ2) is 10.9. The fraction of sp³-hybridized carbons (Fsp3) is 0.591. The van der Waals surface area contributed by atoms with Crippen LogP contribution in [0.1, 0.15) is 50.5 Å². The second-order valence-electron chi connectivity index (χ2n) is 7.81. The van der Waals surface area contributed by atoms with E-state index in [2.05, 4.69) is 5.32 Å². The molecule has 2 aliphatic rings. The Balaban J connectivity index is 1.71. The number of amides is 1. The Morgan fingerprint density at radius 3 is 2.47 bits per heavy atom. The molecule has 0 spiro atoms. The summed E-state index contributed by atoms with van der Waals surface area (Å²) in [6, 6.07) is 5.15. The number of hydrogen-bond donors (Lipinski definition) is 1. The van der Waals surface area contributed by atoms with E-state index in [0.29, 0.717) is 31.9 Å². The normalized spacial score (nSPS) is 19.9. The summed E-state index contributed by atoms with van der Waals surface area (Å²) in [6.07, 6.45) is 11.2. The monoisotopic (exact) mass is 436 g/mol. The molecule has 1 saturated carbocycles. The van der Waals surface area contributed by atoms with Crippen LogP contribution in [0.2, 0.25) is 0 Å². The van der Waals surface area contributed by atoms with Gasteiger partial charge in [-0.15, -0.1) is 0 Å². The number of hydrogen-bond acceptors (Lipinski definition) is 5. The smallest absolute Gasteiger partial charge is 0.246 e. The molecule has 0 bridgehead atoms. The molecule has 1 heterocycles. The quantitative estimate of drug-likeness (QED) is 0.693. The van der Waals surface area contributed by atoms with E-state index in [9.17, 15) is 13.2 Å². The average Bonchev–Trinajstić information content (AvgIpc) is 2.74. The third kappa shape index (κ3) is 6.06. The van der Waals surface area contributed by atoms with Crippen LogP contribution in [-0.2, 0) is 19.6 Å². The fourth-order valence-corrected chi connectivity index (χ4v) is 5.54. The molecule has 1 N–H and O–H groups in total. The predicted octanol–water partition coefficient (Wildman–Crippen LogP) is 2.96. The van der Waals surface area contributed by atoms with E-state index in [1.54, 1.807) is 24.3 Å². The number of nitrogens with one attached hydrogen (secondary N) is 1. The van der Waals surface area contributed by atoms with E-state index in [4.69, 9.17) is 9.47 Å². The molecule has 1 saturated heterocycles. The molecule has 2 fully saturated rings. The first kappa shape index (κ1) is 22.8. The summed E-state index contributed by atoms with van der Waals surface area (Å²) >= 11 is 0. The maximum atomic E-state index is 13.1. The van der Waals surface area contributed by atoms with Gasteiger partial charge in [-0.3, -0.25) is 4.79 Å². The Bertz CT molecular complexity index is 839. The molecule has 8 heteroatoms. The van der Waals surface area contributed by atoms with Crippen molar-refractivity contribution in [2.75, 3.05) is 33.4 Å². The standard InChI is InChI=1S/C22H32N2O5S/c1-28-20-11-9-18(17-21(20)30(26,27)24-13-15-29-16-14-24)10-12-22(25)23-19-7-5-3-2-4-6-8-19/h9-12,17,19H,2-8,13-16H2,1H3,(H,23,25)/b12-10+. The largest absolute Gasteiger partial charge is 0.495 e. The van der Waals surface area contributed by atoms with E-state index in [-0.39, 0.29) is 22.6 Å². The van der Waals surface area contributed by atoms with Crippen LogP contribution in [-0.4, -0.2) is 58.1 Å². The Morgan fingerprint density at radius 2 is 1.80 bits per heavy atom. The van der Waals surface area contributed by atoms with Gasteiger partial charge >= 0.3 is 0 Å². The van der Waals surface area contributed by atoms with Crippen LogP contribution in [0.4, 0.5) is 0 Å². The molecule has 30 heavy (non-hydrogen) atoms. The Hall–Kier alpha value is -1.90. The van der Waals surface area contributed by atoms with Gasteiger partial charge in [-0.1, -0.05) is 38.2 Å². The number of nitrogens with zero attached hydrogens (tertiary/aromatic N) is 1. The van der Waals surface area contributed by atoms with Gasteiger partial charge in [-0.25, -0.2) is 8.42 Å². The lowest BCUT2D eigenvalue weighted by Crippen LogP contribution is -2.40. The zero-order valence-electron chi connectivity index (χ0n) is 17.6. The third-order valence-corrected chi connectivity index (χ3v) is 7.57. The van der Waals surface area contributed by atoms with Gasteiger partial charge in [0.15, 0.2) is 0 Å². The highest BCUT2D eigenvalue weighted by Gasteiger charge is 2.29. The molecule has 1 aliphatic carbocycles. The Kier molecular flexibility index (Phi) is 8.30. The lowest BCUT2D eigenvalue weighted by atomic mass is 9.97. The van der Waals surface area contributed by atoms with Crippen LogP contribution in [0, 0.1) is 0 Å². The number of rotatable bonds is 6. The number of morpholine rings is 1. The zero-order chi connectivity index (χ0) is 21.4. The number of carbonyl (C=O) groups excluding carboxylic acids is 1. The van der Waals surface area contributed by atoms with E-state index >= 15 is 0 Å². The number of benzene rings is 1. The number of methoxy groups -OCH3 is 1. The summed E-state index contributed by atoms with van der Waals surface area (Å²) in [5.41, 5.74) is 0.635. The van der Waals surface area contributed by atoms with Crippen molar-refractivity contribution >= 4 is 22.0 Å². The predicted molar refractivity (Wildman–Crippen MR) is 116 cm³/mol. The molecule has 166 valence electrons. The first-order valence-electron chi connectivity index (χ1n) is 10.8. The van der Waals surface area contributed by atoms with Gasteiger partial charge < -0.3 is 14.8 Å². The first-order valence-corrected chi connectivity index (χ1v) is 12.2. The lowest BCUT2D eigenvalue weighted by Gasteiger charge is -2.26. The van der Waals surface area contributed by atoms with Gasteiger partial charge in [-0.05, 0) is 36.6 Å². The molecule has 1 aliphatic heterocycles. The highest BCUT2D eigenvalue weighted by atomic mass is 32.2. The first-order chi connectivity index (χ1) is 14.5. The zero-order valence-corrected chi connectivity index (χ0v) is 18.5. The molecular weight excluding hydrogens is 404 g/mol. The van der Waals surface area contributed by atoms with Crippen molar-refractivity contribution in [3.63, 3.8) is 0 Å². The molecule has 0 radical (unpaired) electrons. The third-order valence-electron chi connectivity index (χ3n) is 5.65. The van der Waals surface area contributed by atoms with Crippen molar-refractivity contribution in [1.29, 1.82) is 0 Å². The molecule has 3 rings (SSSR count). The minimum atomic E-state index is -3.70. The number of ether oxygens (including phenoxy) is 2. The van der Waals surface area contributed by atoms with E-state index in [1.807, 2.05) is 0 Å². The Labute approximate surface area is 179 Å². The summed E-state index contributed by atoms with van der Waals surface area (Å²) in [7, 11) is -2.25. The van der Waals surface area contributed by atoms with Crippen molar-refractivity contribution < 1.29 is 22.7 Å². The van der Waals surface area contributed by atoms with E-state index in [1.165, 1.54) is 36.8 Å². The summed E-state index contributed by atoms with van der Waals surface area (Å²) in [5.74, 6) is 0.145. The topological polar surface area (TPSA) is 84.9 Å². The molecular formula is C22H32N2O5S. The van der Waals surface area contributed by atoms with Crippen LogP contribution >= 0.6 is 0 Å². The lowest BCUT2D eigenvalue weighted by molar-refractivity contribution is -0.117. The van der Waals surface area contributed by atoms with Crippen molar-refractivity contribution in [2.24, 2.45) is 0 Å². The molecule has 0 aromatic heterocycles. The maximum absolute atomic E-state index is 13.1. The minimum absolute atomic E-state index is 0.106. The fourth-order valence-electron chi connectivity index (χ4n) is 3.95. The summed E-state index contributed by atoms with van der Waals surface area (Å²) < 4.78 is 38.1. The van der Waals surface area contributed by atoms with Gasteiger partial charge in [-0.2, -0.15) is 4.31 Å². The SMILES string of the molecule is COc1ccc(/C=C/C(=O)NC2CCCCCCC2)cc1S(=O)(=O)N1CCOCC1. The number of carbonyl (C=O) groups is 1. The van der Waals surface area contributed by atoms with Gasteiger partial charge in [0.1, 0.15) is 10.6 Å². The average molecular weight is 437 g/mol. The van der Waals surface area contributed by atoms with Crippen LogP contribution in [0.5, 0.6) is 5.75 Å². The summed E-state index contributed by atoms with van der Waals surface area (Å²) in [5, 5.41) is 3.09. The van der Waals surface area contributed by atoms with Gasteiger partial charge in [0.05, 0.1) is 20.3 Å². The van der Waals surface area contributed by atoms with Gasteiger partial charge in [0.2, 0.25) is 15.9 Å². The van der Waals surface area contributed by atoms with Crippen molar-refractivity contribution in [3.05, 3.63) is 29.8 Å². The Morgan fingerprint density at radius 1 is 1.13 bits per heavy atom. The van der Waals surface area contributed by atoms with Crippen molar-refractivity contribution in [1.82, 2.24) is 9.62 Å². The van der Waals surface area contributed by atoms with E-state index < -0.39 is 10.0 Å². The molecule has 0 atom stereocenters. The van der Waals surface area contributed by atoms with Gasteiger partial charge in [0, 0.05) is 25.2 Å². The van der Waals surface area contributed by atoms with Crippen LogP contribution < -0.4 is 10.1 Å². The summed E-state index contributed by atoms with van der Waals surface area (Å²) in [4.78, 5) is 12.5. The van der Waals surface area contributed by atoms with Crippen molar-refractivity contribution in [2.45, 2.75) is 55.9 Å². The minimum Gasteiger partial charge on any atom is -0.495 e. The van der Waals surface area contributed by atoms with Gasteiger partial charge in [0.25, 0.3) is 0 Å². The van der Waals surface area contributed by atoms with Crippen LogP contribution in [0.15, 0.2) is 29.2 Å². The molecule has 1 amide bonds. The van der Waals surface area contributed by atoms with Crippen LogP contribution in [0.25, 0.3) is 6.08 Å². The highest BCUT2D eigenvalue weighted by Crippen LogP contribution is 2.29. The maximum Gasteiger partial charge on any atom is 0.246 e. The summed E-state index contributed by atoms with van der Waals surface area (Å²) in [6.45, 7) is 1.38.